The lowest BCUT2D eigenvalue weighted by Crippen LogP contribution is -1.63. The fourth-order valence-electron chi connectivity index (χ4n) is 1.11. The zero-order chi connectivity index (χ0) is 10.4. The first-order valence-electron chi connectivity index (χ1n) is 5.22. The van der Waals surface area contributed by atoms with Gasteiger partial charge >= 0.3 is 0 Å². The van der Waals surface area contributed by atoms with Crippen LogP contribution >= 0.6 is 0 Å². The molecule has 1 nitrogen and oxygen atoms in total. The van der Waals surface area contributed by atoms with Gasteiger partial charge in [0.1, 0.15) is 5.58 Å². The molecule has 0 amide bonds. The van der Waals surface area contributed by atoms with Gasteiger partial charge < -0.3 is 4.42 Å². The Morgan fingerprint density at radius 1 is 1.07 bits per heavy atom. The van der Waals surface area contributed by atoms with Crippen molar-refractivity contribution in [1.29, 1.82) is 0 Å². The number of fused-ring (bicyclic) bond motifs is 1. The molecule has 76 valence electrons. The lowest BCUT2D eigenvalue weighted by atomic mass is 10.2. The van der Waals surface area contributed by atoms with Crippen LogP contribution in [0.25, 0.3) is 11.0 Å². The highest BCUT2D eigenvalue weighted by atomic mass is 16.3. The zero-order valence-corrected chi connectivity index (χ0v) is 9.21. The van der Waals surface area contributed by atoms with Crippen LogP contribution in [0.2, 0.25) is 0 Å². The highest BCUT2D eigenvalue weighted by Gasteiger charge is 1.97. The van der Waals surface area contributed by atoms with Gasteiger partial charge in [-0.1, -0.05) is 44.9 Å². The van der Waals surface area contributed by atoms with Crippen LogP contribution in [0.1, 0.15) is 32.3 Å². The fraction of sp³-hybridized carbons (Fsp3) is 0.385. The van der Waals surface area contributed by atoms with E-state index in [9.17, 15) is 0 Å². The Labute approximate surface area is 85.7 Å². The van der Waals surface area contributed by atoms with E-state index < -0.39 is 0 Å². The lowest BCUT2D eigenvalue weighted by Gasteiger charge is -1.84. The van der Waals surface area contributed by atoms with Crippen molar-refractivity contribution in [2.45, 2.75) is 33.6 Å². The van der Waals surface area contributed by atoms with E-state index in [-0.39, 0.29) is 0 Å². The Morgan fingerprint density at radius 3 is 2.29 bits per heavy atom. The summed E-state index contributed by atoms with van der Waals surface area (Å²) in [5.74, 6) is 0. The summed E-state index contributed by atoms with van der Waals surface area (Å²) < 4.78 is 5.25. The van der Waals surface area contributed by atoms with E-state index in [1.807, 2.05) is 25.1 Å². The fourth-order valence-corrected chi connectivity index (χ4v) is 1.11. The molecule has 0 unspecified atom stereocenters. The number of unbranched alkanes of at least 4 members (excludes halogenated alkanes) is 1. The number of hydrogen-bond acceptors (Lipinski definition) is 1. The van der Waals surface area contributed by atoms with Crippen LogP contribution in [0, 0.1) is 6.92 Å². The van der Waals surface area contributed by atoms with Crippen LogP contribution in [-0.4, -0.2) is 0 Å². The van der Waals surface area contributed by atoms with Crippen molar-refractivity contribution in [3.8, 4) is 0 Å². The van der Waals surface area contributed by atoms with Gasteiger partial charge in [-0.05, 0) is 18.6 Å². The number of furan rings is 1. The molecule has 0 aliphatic heterocycles. The van der Waals surface area contributed by atoms with Gasteiger partial charge in [0.25, 0.3) is 0 Å². The molecular formula is C13H18O. The molecule has 0 saturated heterocycles. The molecule has 2 rings (SSSR count). The van der Waals surface area contributed by atoms with Gasteiger partial charge in [0.15, 0.2) is 0 Å². The number of para-hydroxylation sites is 1. The Kier molecular flexibility index (Phi) is 4.24. The minimum atomic E-state index is 0.972. The van der Waals surface area contributed by atoms with E-state index in [0.717, 1.165) is 5.58 Å². The first-order chi connectivity index (χ1) is 6.79. The molecule has 14 heavy (non-hydrogen) atoms. The molecule has 1 aromatic carbocycles. The second kappa shape index (κ2) is 5.48. The van der Waals surface area contributed by atoms with Crippen molar-refractivity contribution in [2.24, 2.45) is 0 Å². The number of hydrogen-bond donors (Lipinski definition) is 0. The van der Waals surface area contributed by atoms with Gasteiger partial charge in [0.2, 0.25) is 0 Å². The average molecular weight is 190 g/mol. The second-order valence-electron chi connectivity index (χ2n) is 3.41. The van der Waals surface area contributed by atoms with Crippen molar-refractivity contribution in [2.75, 3.05) is 0 Å². The molecule has 0 atom stereocenters. The quantitative estimate of drug-likeness (QED) is 0.643. The molecule has 0 fully saturated rings. The van der Waals surface area contributed by atoms with Crippen molar-refractivity contribution < 1.29 is 4.42 Å². The monoisotopic (exact) mass is 190 g/mol. The summed E-state index contributed by atoms with van der Waals surface area (Å²) >= 11 is 0. The molecular weight excluding hydrogens is 172 g/mol. The SMILES string of the molecule is CCCC.Cc1coc2ccccc12. The van der Waals surface area contributed by atoms with Crippen molar-refractivity contribution in [1.82, 2.24) is 0 Å². The molecule has 0 radical (unpaired) electrons. The third kappa shape index (κ3) is 2.63. The topological polar surface area (TPSA) is 13.1 Å². The Hall–Kier alpha value is -1.24. The Morgan fingerprint density at radius 2 is 1.71 bits per heavy atom. The van der Waals surface area contributed by atoms with E-state index in [4.69, 9.17) is 4.42 Å². The molecule has 0 aliphatic rings. The predicted octanol–water partition coefficient (Wildman–Crippen LogP) is 4.55. The summed E-state index contributed by atoms with van der Waals surface area (Å²) in [5.41, 5.74) is 2.18. The van der Waals surface area contributed by atoms with Gasteiger partial charge in [-0.15, -0.1) is 0 Å². The van der Waals surface area contributed by atoms with E-state index in [1.165, 1.54) is 23.8 Å². The molecule has 2 aromatic rings. The largest absolute Gasteiger partial charge is 0.464 e. The van der Waals surface area contributed by atoms with Crippen molar-refractivity contribution in [3.05, 3.63) is 36.1 Å². The summed E-state index contributed by atoms with van der Waals surface area (Å²) in [7, 11) is 0. The van der Waals surface area contributed by atoms with Crippen LogP contribution in [-0.2, 0) is 0 Å². The standard InChI is InChI=1S/C9H8O.C4H10/c1-7-6-10-9-5-3-2-4-8(7)9;1-3-4-2/h2-6H,1H3;3-4H2,1-2H3. The summed E-state index contributed by atoms with van der Waals surface area (Å²) in [4.78, 5) is 0. The molecule has 1 heteroatoms. The first kappa shape index (κ1) is 10.8. The number of benzene rings is 1. The van der Waals surface area contributed by atoms with Crippen LogP contribution in [0.15, 0.2) is 34.9 Å². The van der Waals surface area contributed by atoms with Gasteiger partial charge in [0.05, 0.1) is 6.26 Å². The predicted molar refractivity (Wildman–Crippen MR) is 61.5 cm³/mol. The van der Waals surface area contributed by atoms with Crippen LogP contribution < -0.4 is 0 Å². The molecule has 0 bridgehead atoms. The van der Waals surface area contributed by atoms with Crippen LogP contribution in [0.4, 0.5) is 0 Å². The summed E-state index contributed by atoms with van der Waals surface area (Å²) in [6, 6.07) is 8.03. The summed E-state index contributed by atoms with van der Waals surface area (Å²) in [5, 5.41) is 1.21. The van der Waals surface area contributed by atoms with Crippen LogP contribution in [0.5, 0.6) is 0 Å². The lowest BCUT2D eigenvalue weighted by molar-refractivity contribution is 0.613. The van der Waals surface area contributed by atoms with Gasteiger partial charge in [-0.2, -0.15) is 0 Å². The Balaban J connectivity index is 0.000000213. The van der Waals surface area contributed by atoms with Crippen LogP contribution in [0.3, 0.4) is 0 Å². The van der Waals surface area contributed by atoms with Gasteiger partial charge in [0, 0.05) is 5.39 Å². The molecule has 1 heterocycles. The smallest absolute Gasteiger partial charge is 0.134 e. The normalized spacial score (nSPS) is 9.64. The minimum absolute atomic E-state index is 0.972. The minimum Gasteiger partial charge on any atom is -0.464 e. The second-order valence-corrected chi connectivity index (χ2v) is 3.41. The van der Waals surface area contributed by atoms with E-state index in [0.29, 0.717) is 0 Å². The van der Waals surface area contributed by atoms with E-state index >= 15 is 0 Å². The summed E-state index contributed by atoms with van der Waals surface area (Å²) in [6.07, 6.45) is 4.42. The average Bonchev–Trinajstić information content (AvgIpc) is 2.62. The third-order valence-corrected chi connectivity index (χ3v) is 2.17. The van der Waals surface area contributed by atoms with Gasteiger partial charge in [-0.25, -0.2) is 0 Å². The van der Waals surface area contributed by atoms with E-state index in [2.05, 4.69) is 19.9 Å². The maximum atomic E-state index is 5.25. The van der Waals surface area contributed by atoms with Crippen molar-refractivity contribution >= 4 is 11.0 Å². The maximum absolute atomic E-state index is 5.25. The molecule has 0 saturated carbocycles. The van der Waals surface area contributed by atoms with E-state index in [1.54, 1.807) is 6.26 Å². The molecule has 0 N–H and O–H groups in total. The highest BCUT2D eigenvalue weighted by molar-refractivity contribution is 5.80. The first-order valence-corrected chi connectivity index (χ1v) is 5.22. The summed E-state index contributed by atoms with van der Waals surface area (Å²) in [6.45, 7) is 6.41. The third-order valence-electron chi connectivity index (χ3n) is 2.17. The maximum Gasteiger partial charge on any atom is 0.134 e. The highest BCUT2D eigenvalue weighted by Crippen LogP contribution is 2.18. The molecule has 0 spiro atoms. The Bertz CT molecular complexity index is 371. The van der Waals surface area contributed by atoms with Crippen molar-refractivity contribution in [3.63, 3.8) is 0 Å². The molecule has 1 aromatic heterocycles. The van der Waals surface area contributed by atoms with Gasteiger partial charge in [-0.3, -0.25) is 0 Å². The zero-order valence-electron chi connectivity index (χ0n) is 9.21. The molecule has 0 aliphatic carbocycles. The number of rotatable bonds is 1. The number of aryl methyl sites for hydroxylation is 1.